The van der Waals surface area contributed by atoms with Crippen LogP contribution in [0, 0.1) is 6.92 Å². The molecule has 0 spiro atoms. The number of hydrogen-bond acceptors (Lipinski definition) is 4. The number of imidazole rings is 1. The maximum Gasteiger partial charge on any atom is 0.174 e. The Morgan fingerprint density at radius 2 is 2.22 bits per heavy atom. The monoisotopic (exact) mass is 245 g/mol. The van der Waals surface area contributed by atoms with Gasteiger partial charge in [0.1, 0.15) is 11.6 Å². The van der Waals surface area contributed by atoms with Gasteiger partial charge < -0.3 is 10.9 Å². The number of amidine groups is 1. The first-order chi connectivity index (χ1) is 8.69. The molecule has 0 aliphatic heterocycles. The summed E-state index contributed by atoms with van der Waals surface area (Å²) in [6.45, 7) is 3.90. The van der Waals surface area contributed by atoms with Gasteiger partial charge in [-0.05, 0) is 18.6 Å². The Labute approximate surface area is 105 Å². The molecule has 6 nitrogen and oxygen atoms in total. The standard InChI is InChI=1S/C12H15N5O/c1-3-9-14-6-7-17(9)12-10(11(13)16-18)8(2)4-5-15-12/h4-7,18H,3H2,1-2H3,(H2,13,16). The molecular formula is C12H15N5O. The van der Waals surface area contributed by atoms with E-state index in [1.54, 1.807) is 12.4 Å². The van der Waals surface area contributed by atoms with Crippen LogP contribution in [0.4, 0.5) is 0 Å². The van der Waals surface area contributed by atoms with Gasteiger partial charge >= 0.3 is 0 Å². The van der Waals surface area contributed by atoms with Crippen molar-refractivity contribution in [2.45, 2.75) is 20.3 Å². The zero-order chi connectivity index (χ0) is 13.1. The molecule has 0 amide bonds. The molecule has 0 radical (unpaired) electrons. The molecule has 2 rings (SSSR count). The molecule has 0 unspecified atom stereocenters. The van der Waals surface area contributed by atoms with Gasteiger partial charge in [0.25, 0.3) is 0 Å². The topological polar surface area (TPSA) is 89.3 Å². The number of rotatable bonds is 3. The van der Waals surface area contributed by atoms with Crippen molar-refractivity contribution in [3.63, 3.8) is 0 Å². The van der Waals surface area contributed by atoms with Gasteiger partial charge in [-0.2, -0.15) is 0 Å². The van der Waals surface area contributed by atoms with E-state index >= 15 is 0 Å². The molecule has 94 valence electrons. The van der Waals surface area contributed by atoms with Crippen LogP contribution in [0.1, 0.15) is 23.9 Å². The normalized spacial score (nSPS) is 11.8. The number of pyridine rings is 1. The van der Waals surface area contributed by atoms with Crippen LogP contribution in [0.25, 0.3) is 5.82 Å². The van der Waals surface area contributed by atoms with Crippen LogP contribution in [0.5, 0.6) is 0 Å². The van der Waals surface area contributed by atoms with E-state index in [0.717, 1.165) is 17.8 Å². The van der Waals surface area contributed by atoms with Gasteiger partial charge in [-0.3, -0.25) is 4.57 Å². The lowest BCUT2D eigenvalue weighted by Crippen LogP contribution is -2.19. The van der Waals surface area contributed by atoms with E-state index < -0.39 is 0 Å². The van der Waals surface area contributed by atoms with Crippen LogP contribution < -0.4 is 5.73 Å². The highest BCUT2D eigenvalue weighted by Gasteiger charge is 2.15. The van der Waals surface area contributed by atoms with Crippen LogP contribution in [-0.4, -0.2) is 25.6 Å². The minimum atomic E-state index is 0.0475. The molecule has 0 aliphatic rings. The summed E-state index contributed by atoms with van der Waals surface area (Å²) >= 11 is 0. The van der Waals surface area contributed by atoms with Gasteiger partial charge in [-0.1, -0.05) is 12.1 Å². The van der Waals surface area contributed by atoms with Crippen molar-refractivity contribution in [1.29, 1.82) is 0 Å². The summed E-state index contributed by atoms with van der Waals surface area (Å²) < 4.78 is 1.85. The quantitative estimate of drug-likeness (QED) is 0.368. The third-order valence-electron chi connectivity index (χ3n) is 2.76. The van der Waals surface area contributed by atoms with Gasteiger partial charge in [-0.25, -0.2) is 9.97 Å². The average Bonchev–Trinajstić information content (AvgIpc) is 2.85. The summed E-state index contributed by atoms with van der Waals surface area (Å²) in [4.78, 5) is 8.56. The lowest BCUT2D eigenvalue weighted by molar-refractivity contribution is 0.318. The molecule has 0 saturated carbocycles. The SMILES string of the molecule is CCc1nccn1-c1nccc(C)c1/C(N)=N/O. The molecule has 0 atom stereocenters. The van der Waals surface area contributed by atoms with E-state index in [0.29, 0.717) is 11.4 Å². The Bertz CT molecular complexity index is 588. The Hall–Kier alpha value is -2.37. The molecule has 3 N–H and O–H groups in total. The van der Waals surface area contributed by atoms with Gasteiger partial charge in [0.15, 0.2) is 5.84 Å². The Balaban J connectivity index is 2.68. The van der Waals surface area contributed by atoms with E-state index in [2.05, 4.69) is 15.1 Å². The van der Waals surface area contributed by atoms with Gasteiger partial charge in [0.05, 0.1) is 5.56 Å². The van der Waals surface area contributed by atoms with E-state index in [1.807, 2.05) is 30.7 Å². The maximum absolute atomic E-state index is 8.87. The van der Waals surface area contributed by atoms with Crippen molar-refractivity contribution in [2.24, 2.45) is 10.9 Å². The average molecular weight is 245 g/mol. The molecular weight excluding hydrogens is 230 g/mol. The zero-order valence-corrected chi connectivity index (χ0v) is 10.3. The van der Waals surface area contributed by atoms with Crippen molar-refractivity contribution in [3.05, 3.63) is 41.6 Å². The molecule has 2 aromatic rings. The van der Waals surface area contributed by atoms with Crippen molar-refractivity contribution in [2.75, 3.05) is 0 Å². The van der Waals surface area contributed by atoms with Crippen molar-refractivity contribution in [3.8, 4) is 5.82 Å². The van der Waals surface area contributed by atoms with Crippen molar-refractivity contribution < 1.29 is 5.21 Å². The molecule has 2 aromatic heterocycles. The molecule has 6 heteroatoms. The maximum atomic E-state index is 8.87. The Morgan fingerprint density at radius 3 is 2.89 bits per heavy atom. The smallest absolute Gasteiger partial charge is 0.174 e. The fourth-order valence-electron chi connectivity index (χ4n) is 1.88. The van der Waals surface area contributed by atoms with E-state index in [9.17, 15) is 0 Å². The predicted molar refractivity (Wildman–Crippen MR) is 68.0 cm³/mol. The zero-order valence-electron chi connectivity index (χ0n) is 10.3. The fourth-order valence-corrected chi connectivity index (χ4v) is 1.88. The van der Waals surface area contributed by atoms with Gasteiger partial charge in [0.2, 0.25) is 0 Å². The number of hydrogen-bond donors (Lipinski definition) is 2. The molecule has 0 aliphatic carbocycles. The van der Waals surface area contributed by atoms with E-state index in [-0.39, 0.29) is 5.84 Å². The van der Waals surface area contributed by atoms with Crippen LogP contribution >= 0.6 is 0 Å². The molecule has 0 aromatic carbocycles. The van der Waals surface area contributed by atoms with Crippen LogP contribution in [0.2, 0.25) is 0 Å². The van der Waals surface area contributed by atoms with E-state index in [4.69, 9.17) is 10.9 Å². The summed E-state index contributed by atoms with van der Waals surface area (Å²) in [5.41, 5.74) is 7.23. The fraction of sp³-hybridized carbons (Fsp3) is 0.250. The highest BCUT2D eigenvalue weighted by Crippen LogP contribution is 2.17. The second-order valence-electron chi connectivity index (χ2n) is 3.88. The Morgan fingerprint density at radius 1 is 1.44 bits per heavy atom. The summed E-state index contributed by atoms with van der Waals surface area (Å²) in [6, 6.07) is 1.82. The third kappa shape index (κ3) is 1.92. The first-order valence-corrected chi connectivity index (χ1v) is 5.65. The minimum absolute atomic E-state index is 0.0475. The molecule has 18 heavy (non-hydrogen) atoms. The lowest BCUT2D eigenvalue weighted by Gasteiger charge is -2.12. The number of nitrogens with zero attached hydrogens (tertiary/aromatic N) is 4. The summed E-state index contributed by atoms with van der Waals surface area (Å²) in [5.74, 6) is 1.55. The highest BCUT2D eigenvalue weighted by molar-refractivity contribution is 6.01. The van der Waals surface area contributed by atoms with Gasteiger partial charge in [0, 0.05) is 25.0 Å². The van der Waals surface area contributed by atoms with E-state index in [1.165, 1.54) is 0 Å². The first-order valence-electron chi connectivity index (χ1n) is 5.65. The highest BCUT2D eigenvalue weighted by atomic mass is 16.4. The van der Waals surface area contributed by atoms with Gasteiger partial charge in [-0.15, -0.1) is 0 Å². The first kappa shape index (κ1) is 12.1. The van der Waals surface area contributed by atoms with Crippen LogP contribution in [0.3, 0.4) is 0 Å². The second-order valence-corrected chi connectivity index (χ2v) is 3.88. The Kier molecular flexibility index (Phi) is 3.27. The van der Waals surface area contributed by atoms with Crippen molar-refractivity contribution >= 4 is 5.84 Å². The number of oxime groups is 1. The predicted octanol–water partition coefficient (Wildman–Crippen LogP) is 1.23. The summed E-state index contributed by atoms with van der Waals surface area (Å²) in [7, 11) is 0. The number of nitrogens with two attached hydrogens (primary N) is 1. The lowest BCUT2D eigenvalue weighted by atomic mass is 10.1. The largest absolute Gasteiger partial charge is 0.409 e. The summed E-state index contributed by atoms with van der Waals surface area (Å²) in [6.07, 6.45) is 5.99. The van der Waals surface area contributed by atoms with Crippen LogP contribution in [0.15, 0.2) is 29.8 Å². The summed E-state index contributed by atoms with van der Waals surface area (Å²) in [5, 5.41) is 11.9. The molecule has 0 saturated heterocycles. The van der Waals surface area contributed by atoms with Crippen molar-refractivity contribution in [1.82, 2.24) is 14.5 Å². The minimum Gasteiger partial charge on any atom is -0.409 e. The second kappa shape index (κ2) is 4.87. The number of aromatic nitrogens is 3. The third-order valence-corrected chi connectivity index (χ3v) is 2.76. The number of aryl methyl sites for hydroxylation is 2. The molecule has 0 fully saturated rings. The molecule has 2 heterocycles. The van der Waals surface area contributed by atoms with Crippen LogP contribution in [-0.2, 0) is 6.42 Å². The molecule has 0 bridgehead atoms.